The van der Waals surface area contributed by atoms with Crippen LogP contribution in [-0.2, 0) is 0 Å². The summed E-state index contributed by atoms with van der Waals surface area (Å²) in [5.74, 6) is 0. The Morgan fingerprint density at radius 3 is 2.36 bits per heavy atom. The topological polar surface area (TPSA) is 20.2 Å². The molecule has 0 rings (SSSR count). The number of rotatable bonds is 5. The lowest BCUT2D eigenvalue weighted by Crippen LogP contribution is -2.50. The van der Waals surface area contributed by atoms with Crippen LogP contribution in [0.3, 0.4) is 0 Å². The molecule has 0 spiro atoms. The Balaban J connectivity index is 4.10. The monoisotopic (exact) mass is 158 g/mol. The Morgan fingerprint density at radius 1 is 1.55 bits per heavy atom. The van der Waals surface area contributed by atoms with Crippen molar-refractivity contribution in [1.82, 2.24) is 0 Å². The fourth-order valence-corrected chi connectivity index (χ4v) is 1.33. The molecular formula is C9H20NO+. The highest BCUT2D eigenvalue weighted by Crippen LogP contribution is 2.09. The van der Waals surface area contributed by atoms with Crippen molar-refractivity contribution >= 4 is 0 Å². The van der Waals surface area contributed by atoms with Crippen molar-refractivity contribution < 1.29 is 9.59 Å². The number of hydrogen-bond acceptors (Lipinski definition) is 1. The molecule has 66 valence electrons. The summed E-state index contributed by atoms with van der Waals surface area (Å²) in [5, 5.41) is 9.04. The van der Waals surface area contributed by atoms with Crippen LogP contribution in [0.5, 0.6) is 0 Å². The zero-order chi connectivity index (χ0) is 8.91. The summed E-state index contributed by atoms with van der Waals surface area (Å²) in [5.41, 5.74) is 0. The first-order valence-electron chi connectivity index (χ1n) is 4.13. The van der Waals surface area contributed by atoms with E-state index < -0.39 is 0 Å². The largest absolute Gasteiger partial charge is 0.390 e. The Labute approximate surface area is 69.7 Å². The molecule has 0 saturated heterocycles. The van der Waals surface area contributed by atoms with E-state index in [0.717, 1.165) is 17.4 Å². The van der Waals surface area contributed by atoms with Gasteiger partial charge in [-0.1, -0.05) is 13.5 Å². The Kier molecular flexibility index (Phi) is 4.38. The maximum Gasteiger partial charge on any atom is 0.112 e. The summed E-state index contributed by atoms with van der Waals surface area (Å²) in [6.45, 7) is 6.98. The van der Waals surface area contributed by atoms with Crippen molar-refractivity contribution in [3.8, 4) is 0 Å². The summed E-state index contributed by atoms with van der Waals surface area (Å²) < 4.78 is 0.830. The fourth-order valence-electron chi connectivity index (χ4n) is 1.33. The van der Waals surface area contributed by atoms with E-state index in [9.17, 15) is 0 Å². The van der Waals surface area contributed by atoms with Gasteiger partial charge in [-0.25, -0.2) is 0 Å². The van der Waals surface area contributed by atoms with E-state index in [4.69, 9.17) is 5.11 Å². The maximum atomic E-state index is 9.04. The van der Waals surface area contributed by atoms with Crippen LogP contribution < -0.4 is 0 Å². The van der Waals surface area contributed by atoms with E-state index in [0.29, 0.717) is 6.04 Å². The number of nitrogens with zero attached hydrogens (tertiary/aromatic N) is 1. The van der Waals surface area contributed by atoms with Gasteiger partial charge in [0, 0.05) is 0 Å². The summed E-state index contributed by atoms with van der Waals surface area (Å²) in [7, 11) is 4.23. The van der Waals surface area contributed by atoms with Crippen LogP contribution in [0.15, 0.2) is 12.7 Å². The molecule has 1 atom stereocenters. The summed E-state index contributed by atoms with van der Waals surface area (Å²) in [6.07, 6.45) is 2.91. The van der Waals surface area contributed by atoms with Gasteiger partial charge in [0.2, 0.25) is 0 Å². The second-order valence-electron chi connectivity index (χ2n) is 3.49. The highest BCUT2D eigenvalue weighted by molar-refractivity contribution is 4.67. The van der Waals surface area contributed by atoms with Crippen molar-refractivity contribution in [2.75, 3.05) is 27.2 Å². The van der Waals surface area contributed by atoms with Gasteiger partial charge in [0.15, 0.2) is 0 Å². The zero-order valence-electron chi connectivity index (χ0n) is 7.88. The fraction of sp³-hybridized carbons (Fsp3) is 0.778. The van der Waals surface area contributed by atoms with Crippen LogP contribution in [0.4, 0.5) is 0 Å². The zero-order valence-corrected chi connectivity index (χ0v) is 7.88. The summed E-state index contributed by atoms with van der Waals surface area (Å²) >= 11 is 0. The molecule has 1 N–H and O–H groups in total. The molecule has 0 aliphatic carbocycles. The molecule has 0 amide bonds. The number of hydrogen-bond donors (Lipinski definition) is 1. The molecule has 0 aliphatic heterocycles. The third kappa shape index (κ3) is 3.04. The minimum absolute atomic E-state index is 0.261. The highest BCUT2D eigenvalue weighted by Gasteiger charge is 2.23. The average Bonchev–Trinajstić information content (AvgIpc) is 1.89. The first-order valence-corrected chi connectivity index (χ1v) is 4.13. The van der Waals surface area contributed by atoms with Gasteiger partial charge in [0.1, 0.15) is 6.04 Å². The lowest BCUT2D eigenvalue weighted by atomic mass is 10.2. The van der Waals surface area contributed by atoms with Gasteiger partial charge in [0.25, 0.3) is 0 Å². The van der Waals surface area contributed by atoms with Gasteiger partial charge < -0.3 is 9.59 Å². The van der Waals surface area contributed by atoms with Crippen molar-refractivity contribution in [3.63, 3.8) is 0 Å². The van der Waals surface area contributed by atoms with Crippen molar-refractivity contribution in [2.45, 2.75) is 19.4 Å². The Hall–Kier alpha value is -0.340. The molecule has 0 aliphatic rings. The molecule has 0 bridgehead atoms. The maximum absolute atomic E-state index is 9.04. The van der Waals surface area contributed by atoms with Gasteiger partial charge in [-0.15, -0.1) is 0 Å². The van der Waals surface area contributed by atoms with Crippen molar-refractivity contribution in [1.29, 1.82) is 0 Å². The number of likely N-dealkylation sites (N-methyl/N-ethyl adjacent to an activating group) is 1. The third-order valence-corrected chi connectivity index (χ3v) is 2.27. The van der Waals surface area contributed by atoms with Crippen LogP contribution in [0, 0.1) is 0 Å². The molecular weight excluding hydrogens is 138 g/mol. The SMILES string of the molecule is C=CC[N+](C)(C)C(CC)CO. The van der Waals surface area contributed by atoms with E-state index >= 15 is 0 Å². The number of aliphatic hydroxyl groups excluding tert-OH is 1. The molecule has 1 unspecified atom stereocenters. The Morgan fingerprint density at radius 2 is 2.09 bits per heavy atom. The van der Waals surface area contributed by atoms with E-state index in [1.54, 1.807) is 0 Å². The minimum Gasteiger partial charge on any atom is -0.390 e. The molecule has 0 heterocycles. The average molecular weight is 158 g/mol. The van der Waals surface area contributed by atoms with E-state index in [1.165, 1.54) is 0 Å². The highest BCUT2D eigenvalue weighted by atomic mass is 16.3. The number of quaternary nitrogens is 1. The molecule has 0 aromatic heterocycles. The molecule has 0 radical (unpaired) electrons. The number of aliphatic hydroxyl groups is 1. The van der Waals surface area contributed by atoms with Crippen LogP contribution in [-0.4, -0.2) is 42.9 Å². The first-order chi connectivity index (χ1) is 5.08. The Bertz CT molecular complexity index is 117. The van der Waals surface area contributed by atoms with E-state index in [2.05, 4.69) is 27.6 Å². The molecule has 0 aromatic rings. The minimum atomic E-state index is 0.261. The summed E-state index contributed by atoms with van der Waals surface area (Å²) in [4.78, 5) is 0. The normalized spacial score (nSPS) is 14.5. The molecule has 2 nitrogen and oxygen atoms in total. The van der Waals surface area contributed by atoms with Crippen LogP contribution in [0.2, 0.25) is 0 Å². The van der Waals surface area contributed by atoms with Crippen molar-refractivity contribution in [3.05, 3.63) is 12.7 Å². The van der Waals surface area contributed by atoms with Gasteiger partial charge in [-0.05, 0) is 12.5 Å². The van der Waals surface area contributed by atoms with Gasteiger partial charge in [-0.3, -0.25) is 0 Å². The standard InChI is InChI=1S/C9H20NO/c1-5-7-10(3,4)9(6-2)8-11/h5,9,11H,1,6-8H2,2-4H3/q+1. The van der Waals surface area contributed by atoms with Crippen LogP contribution in [0.1, 0.15) is 13.3 Å². The van der Waals surface area contributed by atoms with Gasteiger partial charge in [-0.2, -0.15) is 0 Å². The molecule has 2 heteroatoms. The lowest BCUT2D eigenvalue weighted by Gasteiger charge is -2.35. The predicted molar refractivity (Wildman–Crippen MR) is 48.3 cm³/mol. The first kappa shape index (κ1) is 10.7. The molecule has 0 aromatic carbocycles. The summed E-state index contributed by atoms with van der Waals surface area (Å²) in [6, 6.07) is 0.341. The van der Waals surface area contributed by atoms with Crippen LogP contribution >= 0.6 is 0 Å². The molecule has 0 fully saturated rings. The molecule has 0 saturated carbocycles. The van der Waals surface area contributed by atoms with Gasteiger partial charge >= 0.3 is 0 Å². The van der Waals surface area contributed by atoms with Gasteiger partial charge in [0.05, 0.1) is 27.2 Å². The third-order valence-electron chi connectivity index (χ3n) is 2.27. The van der Waals surface area contributed by atoms with E-state index in [1.807, 2.05) is 6.08 Å². The molecule has 11 heavy (non-hydrogen) atoms. The van der Waals surface area contributed by atoms with Crippen molar-refractivity contribution in [2.24, 2.45) is 0 Å². The second-order valence-corrected chi connectivity index (χ2v) is 3.49. The van der Waals surface area contributed by atoms with E-state index in [-0.39, 0.29) is 6.61 Å². The second kappa shape index (κ2) is 4.52. The van der Waals surface area contributed by atoms with Crippen LogP contribution in [0.25, 0.3) is 0 Å². The quantitative estimate of drug-likeness (QED) is 0.468. The predicted octanol–water partition coefficient (Wildman–Crippen LogP) is 1.02. The lowest BCUT2D eigenvalue weighted by molar-refractivity contribution is -0.910. The smallest absolute Gasteiger partial charge is 0.112 e.